The van der Waals surface area contributed by atoms with Crippen LogP contribution in [0.5, 0.6) is 0 Å². The molecule has 1 saturated heterocycles. The van der Waals surface area contributed by atoms with Gasteiger partial charge in [0.05, 0.1) is 10.5 Å². The Morgan fingerprint density at radius 1 is 1.29 bits per heavy atom. The first-order valence-electron chi connectivity index (χ1n) is 6.67. The summed E-state index contributed by atoms with van der Waals surface area (Å²) in [5, 5.41) is 5.12. The lowest BCUT2D eigenvalue weighted by Gasteiger charge is -2.34. The lowest BCUT2D eigenvalue weighted by molar-refractivity contribution is 0.0642. The van der Waals surface area contributed by atoms with Crippen LogP contribution in [0.4, 0.5) is 0 Å². The van der Waals surface area contributed by atoms with Crippen LogP contribution in [0, 0.1) is 0 Å². The number of sulfonamides is 1. The minimum atomic E-state index is -3.82. The Kier molecular flexibility index (Phi) is 5.03. The van der Waals surface area contributed by atoms with Crippen LogP contribution in [0.1, 0.15) is 17.3 Å². The average molecular weight is 376 g/mol. The van der Waals surface area contributed by atoms with Crippen LogP contribution in [0.3, 0.4) is 0 Å². The van der Waals surface area contributed by atoms with Gasteiger partial charge in [-0.25, -0.2) is 13.6 Å². The topological polar surface area (TPSA) is 83.7 Å². The van der Waals surface area contributed by atoms with E-state index in [1.165, 1.54) is 18.2 Å². The van der Waals surface area contributed by atoms with Gasteiger partial charge in [0.2, 0.25) is 10.0 Å². The second-order valence-corrected chi connectivity index (χ2v) is 7.33. The largest absolute Gasteiger partial charge is 0.336 e. The van der Waals surface area contributed by atoms with Gasteiger partial charge in [-0.2, -0.15) is 0 Å². The van der Waals surface area contributed by atoms with Gasteiger partial charge in [0, 0.05) is 30.7 Å². The molecule has 0 bridgehead atoms. The molecule has 1 fully saturated rings. The maximum absolute atomic E-state index is 12.5. The van der Waals surface area contributed by atoms with Crippen molar-refractivity contribution in [3.05, 3.63) is 28.2 Å². The molecule has 1 aromatic rings. The fraction of sp³-hybridized carbons (Fsp3) is 0.462. The van der Waals surface area contributed by atoms with Gasteiger partial charge >= 0.3 is 0 Å². The lowest BCUT2D eigenvalue weighted by atomic mass is 10.2. The highest BCUT2D eigenvalue weighted by Gasteiger charge is 2.24. The van der Waals surface area contributed by atoms with Crippen molar-refractivity contribution in [2.24, 2.45) is 5.14 Å². The number of piperazine rings is 1. The van der Waals surface area contributed by atoms with Crippen LogP contribution in [-0.2, 0) is 10.0 Å². The molecule has 0 radical (unpaired) electrons. The molecule has 0 unspecified atom stereocenters. The van der Waals surface area contributed by atoms with E-state index >= 15 is 0 Å². The highest BCUT2D eigenvalue weighted by atomic mass is 79.9. The number of halogens is 1. The van der Waals surface area contributed by atoms with Crippen LogP contribution < -0.4 is 5.14 Å². The summed E-state index contributed by atoms with van der Waals surface area (Å²) < 4.78 is 23.4. The van der Waals surface area contributed by atoms with Gasteiger partial charge < -0.3 is 9.80 Å². The standard InChI is InChI=1S/C13H18BrN3O3S/c1-2-16-5-7-17(8-6-16)13(18)11-9-10(21(15,19)20)3-4-12(11)14/h3-4,9H,2,5-8H2,1H3,(H2,15,19,20). The zero-order valence-electron chi connectivity index (χ0n) is 11.8. The van der Waals surface area contributed by atoms with E-state index in [0.29, 0.717) is 23.1 Å². The second-order valence-electron chi connectivity index (χ2n) is 4.91. The van der Waals surface area contributed by atoms with Crippen molar-refractivity contribution in [1.82, 2.24) is 9.80 Å². The van der Waals surface area contributed by atoms with E-state index in [1.54, 1.807) is 4.90 Å². The van der Waals surface area contributed by atoms with Crippen molar-refractivity contribution in [2.45, 2.75) is 11.8 Å². The van der Waals surface area contributed by atoms with Gasteiger partial charge in [0.25, 0.3) is 5.91 Å². The molecule has 0 spiro atoms. The first-order chi connectivity index (χ1) is 9.82. The molecule has 21 heavy (non-hydrogen) atoms. The average Bonchev–Trinajstić information content (AvgIpc) is 2.46. The predicted octanol–water partition coefficient (Wildman–Crippen LogP) is 0.874. The van der Waals surface area contributed by atoms with Gasteiger partial charge in [-0.3, -0.25) is 4.79 Å². The molecular weight excluding hydrogens is 358 g/mol. The number of hydrogen-bond acceptors (Lipinski definition) is 4. The molecule has 1 heterocycles. The smallest absolute Gasteiger partial charge is 0.255 e. The number of carbonyl (C=O) groups excluding carboxylic acids is 1. The Bertz CT molecular complexity index is 640. The monoisotopic (exact) mass is 375 g/mol. The summed E-state index contributed by atoms with van der Waals surface area (Å²) in [7, 11) is -3.82. The summed E-state index contributed by atoms with van der Waals surface area (Å²) in [4.78, 5) is 16.5. The summed E-state index contributed by atoms with van der Waals surface area (Å²) in [6.07, 6.45) is 0. The van der Waals surface area contributed by atoms with E-state index in [0.717, 1.165) is 19.6 Å². The van der Waals surface area contributed by atoms with Crippen LogP contribution in [0.15, 0.2) is 27.6 Å². The molecule has 1 aromatic carbocycles. The molecule has 2 rings (SSSR count). The minimum Gasteiger partial charge on any atom is -0.336 e. The van der Waals surface area contributed by atoms with E-state index in [9.17, 15) is 13.2 Å². The Balaban J connectivity index is 2.23. The summed E-state index contributed by atoms with van der Waals surface area (Å²) in [5.41, 5.74) is 0.325. The number of carbonyl (C=O) groups is 1. The zero-order chi connectivity index (χ0) is 15.6. The minimum absolute atomic E-state index is 0.0544. The summed E-state index contributed by atoms with van der Waals surface area (Å²) in [6.45, 7) is 5.98. The molecule has 116 valence electrons. The van der Waals surface area contributed by atoms with Crippen LogP contribution in [-0.4, -0.2) is 56.8 Å². The third-order valence-electron chi connectivity index (χ3n) is 3.60. The Hall–Kier alpha value is -0.960. The normalized spacial score (nSPS) is 17.0. The molecule has 1 aliphatic heterocycles. The number of nitrogens with two attached hydrogens (primary N) is 1. The number of benzene rings is 1. The van der Waals surface area contributed by atoms with E-state index in [2.05, 4.69) is 27.8 Å². The molecule has 1 aliphatic rings. The van der Waals surface area contributed by atoms with Crippen molar-refractivity contribution in [3.63, 3.8) is 0 Å². The summed E-state index contributed by atoms with van der Waals surface area (Å²) in [5.74, 6) is -0.178. The maximum Gasteiger partial charge on any atom is 0.255 e. The first kappa shape index (κ1) is 16.4. The van der Waals surface area contributed by atoms with Crippen LogP contribution >= 0.6 is 15.9 Å². The molecule has 0 aliphatic carbocycles. The van der Waals surface area contributed by atoms with Gasteiger partial charge in [-0.15, -0.1) is 0 Å². The lowest BCUT2D eigenvalue weighted by Crippen LogP contribution is -2.48. The molecule has 2 N–H and O–H groups in total. The van der Waals surface area contributed by atoms with Gasteiger partial charge in [-0.1, -0.05) is 6.92 Å². The van der Waals surface area contributed by atoms with E-state index in [4.69, 9.17) is 5.14 Å². The fourth-order valence-corrected chi connectivity index (χ4v) is 3.24. The van der Waals surface area contributed by atoms with E-state index < -0.39 is 10.0 Å². The summed E-state index contributed by atoms with van der Waals surface area (Å²) in [6, 6.07) is 4.24. The van der Waals surface area contributed by atoms with Crippen molar-refractivity contribution < 1.29 is 13.2 Å². The van der Waals surface area contributed by atoms with Crippen molar-refractivity contribution in [3.8, 4) is 0 Å². The number of rotatable bonds is 3. The fourth-order valence-electron chi connectivity index (χ4n) is 2.28. The highest BCUT2D eigenvalue weighted by molar-refractivity contribution is 9.10. The molecule has 6 nitrogen and oxygen atoms in total. The number of primary sulfonamides is 1. The van der Waals surface area contributed by atoms with Gasteiger partial charge in [-0.05, 0) is 40.7 Å². The Morgan fingerprint density at radius 3 is 2.43 bits per heavy atom. The maximum atomic E-state index is 12.5. The molecule has 0 aromatic heterocycles. The predicted molar refractivity (Wildman–Crippen MR) is 83.5 cm³/mol. The third kappa shape index (κ3) is 3.82. The quantitative estimate of drug-likeness (QED) is 0.849. The van der Waals surface area contributed by atoms with E-state index in [1.807, 2.05) is 0 Å². The molecule has 8 heteroatoms. The highest BCUT2D eigenvalue weighted by Crippen LogP contribution is 2.22. The van der Waals surface area contributed by atoms with Crippen molar-refractivity contribution in [2.75, 3.05) is 32.7 Å². The first-order valence-corrected chi connectivity index (χ1v) is 9.01. The van der Waals surface area contributed by atoms with Crippen LogP contribution in [0.2, 0.25) is 0 Å². The van der Waals surface area contributed by atoms with E-state index in [-0.39, 0.29) is 10.8 Å². The Morgan fingerprint density at radius 2 is 1.90 bits per heavy atom. The number of nitrogens with zero attached hydrogens (tertiary/aromatic N) is 2. The third-order valence-corrected chi connectivity index (χ3v) is 5.21. The van der Waals surface area contributed by atoms with Crippen molar-refractivity contribution in [1.29, 1.82) is 0 Å². The number of likely N-dealkylation sites (N-methyl/N-ethyl adjacent to an activating group) is 1. The number of amides is 1. The second kappa shape index (κ2) is 6.43. The molecule has 0 saturated carbocycles. The van der Waals surface area contributed by atoms with Crippen LogP contribution in [0.25, 0.3) is 0 Å². The zero-order valence-corrected chi connectivity index (χ0v) is 14.2. The summed E-state index contributed by atoms with van der Waals surface area (Å²) >= 11 is 3.30. The number of hydrogen-bond donors (Lipinski definition) is 1. The van der Waals surface area contributed by atoms with Gasteiger partial charge in [0.15, 0.2) is 0 Å². The molecular formula is C13H18BrN3O3S. The van der Waals surface area contributed by atoms with Crippen molar-refractivity contribution >= 4 is 31.9 Å². The molecule has 0 atom stereocenters. The molecule has 1 amide bonds. The SMILES string of the molecule is CCN1CCN(C(=O)c2cc(S(N)(=O)=O)ccc2Br)CC1. The van der Waals surface area contributed by atoms with Gasteiger partial charge in [0.1, 0.15) is 0 Å². The Labute approximate surface area is 133 Å².